The maximum absolute atomic E-state index is 11.1. The van der Waals surface area contributed by atoms with Gasteiger partial charge in [-0.05, 0) is 29.8 Å². The molecule has 2 aromatic rings. The molecule has 0 atom stereocenters. The van der Waals surface area contributed by atoms with E-state index in [0.29, 0.717) is 52.0 Å². The van der Waals surface area contributed by atoms with Crippen molar-refractivity contribution in [3.05, 3.63) is 62.6 Å². The Hall–Kier alpha value is -2.15. The van der Waals surface area contributed by atoms with Crippen LogP contribution in [0.25, 0.3) is 0 Å². The lowest BCUT2D eigenvalue weighted by molar-refractivity contribution is 0.100. The Balaban J connectivity index is 1.78. The number of guanidine groups is 1. The average Bonchev–Trinajstić information content (AvgIpc) is 2.63. The summed E-state index contributed by atoms with van der Waals surface area (Å²) in [7, 11) is 1.67. The number of hydrogen-bond donors (Lipinski definition) is 3. The van der Waals surface area contributed by atoms with Crippen LogP contribution in [0, 0.1) is 0 Å². The zero-order valence-electron chi connectivity index (χ0n) is 14.6. The van der Waals surface area contributed by atoms with Crippen molar-refractivity contribution in [3.63, 3.8) is 0 Å². The standard InChI is InChI=1S/C18H19Cl3N4O2/c1-23-18(25-10-11-2-4-12(5-3-11)17(22)26)24-6-7-27-16-14(20)8-13(19)9-15(16)21/h2-5,8-9H,6-7,10H2,1H3,(H2,22,26)(H2,23,24,25). The van der Waals surface area contributed by atoms with Crippen LogP contribution in [0.4, 0.5) is 0 Å². The normalized spacial score (nSPS) is 11.2. The first-order valence-electron chi connectivity index (χ1n) is 8.01. The van der Waals surface area contributed by atoms with Crippen molar-refractivity contribution in [1.29, 1.82) is 0 Å². The molecule has 2 rings (SSSR count). The molecule has 0 aliphatic rings. The number of nitrogens with one attached hydrogen (secondary N) is 2. The largest absolute Gasteiger partial charge is 0.489 e. The first kappa shape index (κ1) is 21.2. The van der Waals surface area contributed by atoms with Gasteiger partial charge < -0.3 is 21.1 Å². The van der Waals surface area contributed by atoms with Gasteiger partial charge in [-0.15, -0.1) is 0 Å². The van der Waals surface area contributed by atoms with Gasteiger partial charge in [0.05, 0.1) is 16.6 Å². The Kier molecular flexibility index (Phi) is 8.03. The smallest absolute Gasteiger partial charge is 0.248 e. The molecule has 0 fully saturated rings. The Labute approximate surface area is 172 Å². The van der Waals surface area contributed by atoms with Crippen molar-refractivity contribution >= 4 is 46.7 Å². The first-order valence-corrected chi connectivity index (χ1v) is 9.14. The highest BCUT2D eigenvalue weighted by molar-refractivity contribution is 6.40. The summed E-state index contributed by atoms with van der Waals surface area (Å²) in [6.45, 7) is 1.35. The molecule has 2 aromatic carbocycles. The predicted octanol–water partition coefficient (Wildman–Crippen LogP) is 3.49. The summed E-state index contributed by atoms with van der Waals surface area (Å²) < 4.78 is 5.60. The summed E-state index contributed by atoms with van der Waals surface area (Å²) in [5, 5.41) is 7.44. The second-order valence-electron chi connectivity index (χ2n) is 5.46. The lowest BCUT2D eigenvalue weighted by Gasteiger charge is -2.14. The van der Waals surface area contributed by atoms with Gasteiger partial charge in [0.25, 0.3) is 0 Å². The maximum Gasteiger partial charge on any atom is 0.248 e. The second kappa shape index (κ2) is 10.3. The minimum Gasteiger partial charge on any atom is -0.489 e. The summed E-state index contributed by atoms with van der Waals surface area (Å²) >= 11 is 18.0. The van der Waals surface area contributed by atoms with Crippen LogP contribution in [0.5, 0.6) is 5.75 Å². The number of nitrogens with zero attached hydrogens (tertiary/aromatic N) is 1. The quantitative estimate of drug-likeness (QED) is 0.357. The third-order valence-corrected chi connectivity index (χ3v) is 4.31. The van der Waals surface area contributed by atoms with Gasteiger partial charge in [0.15, 0.2) is 11.7 Å². The van der Waals surface area contributed by atoms with E-state index in [0.717, 1.165) is 5.56 Å². The summed E-state index contributed by atoms with van der Waals surface area (Å²) in [6, 6.07) is 10.2. The van der Waals surface area contributed by atoms with Crippen LogP contribution in [0.1, 0.15) is 15.9 Å². The number of benzene rings is 2. The Bertz CT molecular complexity index is 803. The van der Waals surface area contributed by atoms with Gasteiger partial charge in [-0.3, -0.25) is 9.79 Å². The third kappa shape index (κ3) is 6.50. The number of amides is 1. The van der Waals surface area contributed by atoms with Gasteiger partial charge >= 0.3 is 0 Å². The second-order valence-corrected chi connectivity index (χ2v) is 6.71. The first-order chi connectivity index (χ1) is 12.9. The van der Waals surface area contributed by atoms with E-state index in [9.17, 15) is 4.79 Å². The molecule has 144 valence electrons. The topological polar surface area (TPSA) is 88.7 Å². The van der Waals surface area contributed by atoms with Crippen LogP contribution in [0.3, 0.4) is 0 Å². The molecule has 0 aliphatic carbocycles. The third-order valence-electron chi connectivity index (χ3n) is 3.53. The molecule has 0 heterocycles. The van der Waals surface area contributed by atoms with E-state index in [1.165, 1.54) is 0 Å². The van der Waals surface area contributed by atoms with E-state index in [2.05, 4.69) is 15.6 Å². The van der Waals surface area contributed by atoms with Crippen LogP contribution in [-0.2, 0) is 6.54 Å². The SMILES string of the molecule is CN=C(NCCOc1c(Cl)cc(Cl)cc1Cl)NCc1ccc(C(N)=O)cc1. The zero-order valence-corrected chi connectivity index (χ0v) is 16.8. The van der Waals surface area contributed by atoms with Gasteiger partial charge in [-0.2, -0.15) is 0 Å². The van der Waals surface area contributed by atoms with Crippen molar-refractivity contribution in [2.75, 3.05) is 20.2 Å². The molecule has 4 N–H and O–H groups in total. The molecule has 0 spiro atoms. The number of carbonyl (C=O) groups is 1. The number of ether oxygens (including phenoxy) is 1. The summed E-state index contributed by atoms with van der Waals surface area (Å²) in [6.07, 6.45) is 0. The highest BCUT2D eigenvalue weighted by atomic mass is 35.5. The monoisotopic (exact) mass is 428 g/mol. The van der Waals surface area contributed by atoms with E-state index in [4.69, 9.17) is 45.3 Å². The fraction of sp³-hybridized carbons (Fsp3) is 0.222. The van der Waals surface area contributed by atoms with Gasteiger partial charge in [0.2, 0.25) is 5.91 Å². The van der Waals surface area contributed by atoms with Crippen molar-refractivity contribution < 1.29 is 9.53 Å². The summed E-state index contributed by atoms with van der Waals surface area (Å²) in [5.74, 6) is 0.542. The van der Waals surface area contributed by atoms with Gasteiger partial charge in [-0.25, -0.2) is 0 Å². The molecule has 0 saturated heterocycles. The van der Waals surface area contributed by atoms with E-state index in [-0.39, 0.29) is 0 Å². The van der Waals surface area contributed by atoms with Crippen LogP contribution >= 0.6 is 34.8 Å². The molecule has 0 unspecified atom stereocenters. The minimum atomic E-state index is -0.451. The van der Waals surface area contributed by atoms with Crippen LogP contribution < -0.4 is 21.1 Å². The lowest BCUT2D eigenvalue weighted by Crippen LogP contribution is -2.38. The van der Waals surface area contributed by atoms with Gasteiger partial charge in [0, 0.05) is 24.2 Å². The number of carbonyl (C=O) groups excluding carboxylic acids is 1. The average molecular weight is 430 g/mol. The Morgan fingerprint density at radius 2 is 1.74 bits per heavy atom. The van der Waals surface area contributed by atoms with Crippen molar-refractivity contribution in [2.45, 2.75) is 6.54 Å². The van der Waals surface area contributed by atoms with Crippen molar-refractivity contribution in [2.24, 2.45) is 10.7 Å². The fourth-order valence-corrected chi connectivity index (χ4v) is 3.11. The van der Waals surface area contributed by atoms with E-state index in [1.807, 2.05) is 12.1 Å². The van der Waals surface area contributed by atoms with Crippen LogP contribution in [-0.4, -0.2) is 32.1 Å². The lowest BCUT2D eigenvalue weighted by atomic mass is 10.1. The molecule has 0 radical (unpaired) electrons. The molecule has 1 amide bonds. The predicted molar refractivity (Wildman–Crippen MR) is 110 cm³/mol. The number of hydrogen-bond acceptors (Lipinski definition) is 3. The van der Waals surface area contributed by atoms with E-state index < -0.39 is 5.91 Å². The minimum absolute atomic E-state index is 0.328. The fourth-order valence-electron chi connectivity index (χ4n) is 2.18. The van der Waals surface area contributed by atoms with E-state index >= 15 is 0 Å². The molecule has 6 nitrogen and oxygen atoms in total. The molecule has 0 bridgehead atoms. The molecular formula is C18H19Cl3N4O2. The number of primary amides is 1. The number of rotatable bonds is 7. The van der Waals surface area contributed by atoms with Gasteiger partial charge in [0.1, 0.15) is 6.61 Å². The summed E-state index contributed by atoms with van der Waals surface area (Å²) in [4.78, 5) is 15.2. The molecule has 0 aliphatic heterocycles. The molecule has 0 saturated carbocycles. The molecule has 0 aromatic heterocycles. The Morgan fingerprint density at radius 1 is 1.11 bits per heavy atom. The molecule has 9 heteroatoms. The maximum atomic E-state index is 11.1. The zero-order chi connectivity index (χ0) is 19.8. The van der Waals surface area contributed by atoms with Gasteiger partial charge in [-0.1, -0.05) is 46.9 Å². The van der Waals surface area contributed by atoms with E-state index in [1.54, 1.807) is 31.3 Å². The summed E-state index contributed by atoms with van der Waals surface area (Å²) in [5.41, 5.74) is 6.68. The van der Waals surface area contributed by atoms with Crippen LogP contribution in [0.15, 0.2) is 41.4 Å². The van der Waals surface area contributed by atoms with Crippen molar-refractivity contribution in [1.82, 2.24) is 10.6 Å². The number of halogens is 3. The van der Waals surface area contributed by atoms with Crippen LogP contribution in [0.2, 0.25) is 15.1 Å². The molecular weight excluding hydrogens is 411 g/mol. The highest BCUT2D eigenvalue weighted by Gasteiger charge is 2.09. The number of aliphatic imine (C=N–C) groups is 1. The Morgan fingerprint density at radius 3 is 2.30 bits per heavy atom. The highest BCUT2D eigenvalue weighted by Crippen LogP contribution is 2.35. The van der Waals surface area contributed by atoms with Crippen molar-refractivity contribution in [3.8, 4) is 5.75 Å². The molecule has 27 heavy (non-hydrogen) atoms. The number of nitrogens with two attached hydrogens (primary N) is 1.